The number of methoxy groups -OCH3 is 1. The quantitative estimate of drug-likeness (QED) is 0.736. The van der Waals surface area contributed by atoms with Crippen molar-refractivity contribution in [3.8, 4) is 0 Å². The van der Waals surface area contributed by atoms with Gasteiger partial charge in [0.1, 0.15) is 5.82 Å². The van der Waals surface area contributed by atoms with Crippen molar-refractivity contribution in [2.75, 3.05) is 33.4 Å². The number of carbonyl (C=O) groups excluding carboxylic acids is 2. The first-order chi connectivity index (χ1) is 11.1. The van der Waals surface area contributed by atoms with E-state index in [0.29, 0.717) is 38.2 Å². The summed E-state index contributed by atoms with van der Waals surface area (Å²) in [5, 5.41) is 2.80. The van der Waals surface area contributed by atoms with E-state index in [1.165, 1.54) is 6.07 Å². The minimum atomic E-state index is -0.314. The highest BCUT2D eigenvalue weighted by Crippen LogP contribution is 2.18. The number of nitrogens with zero attached hydrogens (tertiary/aromatic N) is 1. The summed E-state index contributed by atoms with van der Waals surface area (Å²) in [6.07, 6.45) is 1.46. The summed E-state index contributed by atoms with van der Waals surface area (Å²) in [7, 11) is 1.62. The van der Waals surface area contributed by atoms with E-state index < -0.39 is 0 Å². The number of rotatable bonds is 8. The van der Waals surface area contributed by atoms with Crippen molar-refractivity contribution in [2.24, 2.45) is 5.92 Å². The minimum Gasteiger partial charge on any atom is -0.385 e. The zero-order valence-corrected chi connectivity index (χ0v) is 13.4. The van der Waals surface area contributed by atoms with Gasteiger partial charge in [0.15, 0.2) is 0 Å². The minimum absolute atomic E-state index is 0.00959. The van der Waals surface area contributed by atoms with Crippen molar-refractivity contribution in [2.45, 2.75) is 19.3 Å². The molecule has 1 aromatic rings. The lowest BCUT2D eigenvalue weighted by Gasteiger charge is -2.16. The van der Waals surface area contributed by atoms with Gasteiger partial charge >= 0.3 is 0 Å². The van der Waals surface area contributed by atoms with Gasteiger partial charge in [0.2, 0.25) is 11.8 Å². The molecule has 6 heteroatoms. The van der Waals surface area contributed by atoms with Gasteiger partial charge in [-0.25, -0.2) is 4.39 Å². The lowest BCUT2D eigenvalue weighted by atomic mass is 10.1. The monoisotopic (exact) mass is 322 g/mol. The van der Waals surface area contributed by atoms with Crippen LogP contribution in [0.2, 0.25) is 0 Å². The molecule has 0 saturated carbocycles. The lowest BCUT2D eigenvalue weighted by Crippen LogP contribution is -2.34. The Kier molecular flexibility index (Phi) is 6.52. The largest absolute Gasteiger partial charge is 0.385 e. The van der Waals surface area contributed by atoms with Crippen LogP contribution in [0.4, 0.5) is 4.39 Å². The van der Waals surface area contributed by atoms with Gasteiger partial charge in [0.05, 0.1) is 5.92 Å². The molecular formula is C17H23FN2O3. The van der Waals surface area contributed by atoms with Gasteiger partial charge in [-0.05, 0) is 24.5 Å². The van der Waals surface area contributed by atoms with Crippen molar-refractivity contribution in [3.63, 3.8) is 0 Å². The Labute approximate surface area is 135 Å². The van der Waals surface area contributed by atoms with Crippen LogP contribution < -0.4 is 5.32 Å². The van der Waals surface area contributed by atoms with Gasteiger partial charge in [0.25, 0.3) is 0 Å². The number of halogens is 1. The summed E-state index contributed by atoms with van der Waals surface area (Å²) in [6.45, 7) is 2.04. The maximum atomic E-state index is 13.5. The maximum absolute atomic E-state index is 13.5. The third-order valence-electron chi connectivity index (χ3n) is 4.01. The Morgan fingerprint density at radius 2 is 2.22 bits per heavy atom. The number of nitrogens with one attached hydrogen (secondary N) is 1. The van der Waals surface area contributed by atoms with E-state index >= 15 is 0 Å². The molecule has 1 fully saturated rings. The molecule has 0 bridgehead atoms. The topological polar surface area (TPSA) is 58.6 Å². The average Bonchev–Trinajstić information content (AvgIpc) is 2.91. The lowest BCUT2D eigenvalue weighted by molar-refractivity contribution is -0.129. The van der Waals surface area contributed by atoms with Crippen LogP contribution in [0, 0.1) is 11.7 Å². The molecule has 0 aromatic heterocycles. The molecule has 1 saturated heterocycles. The van der Waals surface area contributed by atoms with Crippen LogP contribution in [0.1, 0.15) is 18.4 Å². The molecule has 5 nitrogen and oxygen atoms in total. The van der Waals surface area contributed by atoms with Gasteiger partial charge < -0.3 is 15.0 Å². The number of hydrogen-bond acceptors (Lipinski definition) is 3. The van der Waals surface area contributed by atoms with E-state index in [1.54, 1.807) is 30.2 Å². The fourth-order valence-electron chi connectivity index (χ4n) is 2.73. The Morgan fingerprint density at radius 3 is 2.96 bits per heavy atom. The summed E-state index contributed by atoms with van der Waals surface area (Å²) in [6, 6.07) is 6.52. The number of carbonyl (C=O) groups is 2. The molecule has 0 radical (unpaired) electrons. The number of likely N-dealkylation sites (tertiary alicyclic amines) is 1. The summed E-state index contributed by atoms with van der Waals surface area (Å²) in [4.78, 5) is 25.7. The normalized spacial score (nSPS) is 17.6. The molecule has 0 spiro atoms. The maximum Gasteiger partial charge on any atom is 0.225 e. The molecule has 1 aliphatic rings. The van der Waals surface area contributed by atoms with Crippen molar-refractivity contribution < 1.29 is 18.7 Å². The number of ether oxygens (including phenoxy) is 1. The third-order valence-corrected chi connectivity index (χ3v) is 4.01. The molecule has 126 valence electrons. The van der Waals surface area contributed by atoms with Gasteiger partial charge in [-0.1, -0.05) is 18.2 Å². The molecule has 1 unspecified atom stereocenters. The molecule has 1 atom stereocenters. The SMILES string of the molecule is COCCCN1CC(C(=O)NCCc2ccccc2F)CC1=O. The molecule has 2 rings (SSSR count). The van der Waals surface area contributed by atoms with E-state index in [0.717, 1.165) is 6.42 Å². The van der Waals surface area contributed by atoms with E-state index in [1.807, 2.05) is 0 Å². The highest BCUT2D eigenvalue weighted by molar-refractivity contribution is 5.89. The highest BCUT2D eigenvalue weighted by atomic mass is 19.1. The highest BCUT2D eigenvalue weighted by Gasteiger charge is 2.33. The van der Waals surface area contributed by atoms with E-state index in [4.69, 9.17) is 4.74 Å². The van der Waals surface area contributed by atoms with Crippen molar-refractivity contribution in [1.82, 2.24) is 10.2 Å². The molecule has 23 heavy (non-hydrogen) atoms. The van der Waals surface area contributed by atoms with Gasteiger partial charge in [-0.15, -0.1) is 0 Å². The molecule has 1 N–H and O–H groups in total. The number of hydrogen-bond donors (Lipinski definition) is 1. The summed E-state index contributed by atoms with van der Waals surface area (Å²) in [5.41, 5.74) is 0.580. The van der Waals surface area contributed by atoms with Crippen LogP contribution in [0.15, 0.2) is 24.3 Å². The Bertz CT molecular complexity index is 550. The van der Waals surface area contributed by atoms with Crippen LogP contribution in [-0.2, 0) is 20.7 Å². The standard InChI is InChI=1S/C17H23FN2O3/c1-23-10-4-9-20-12-14(11-16(20)21)17(22)19-8-7-13-5-2-3-6-15(13)18/h2-3,5-6,14H,4,7-12H2,1H3,(H,19,22). The molecule has 2 amide bonds. The smallest absolute Gasteiger partial charge is 0.225 e. The molecular weight excluding hydrogens is 299 g/mol. The second kappa shape index (κ2) is 8.62. The average molecular weight is 322 g/mol. The van der Waals surface area contributed by atoms with Crippen LogP contribution in [-0.4, -0.2) is 50.1 Å². The van der Waals surface area contributed by atoms with Gasteiger partial charge in [0, 0.05) is 39.8 Å². The molecule has 1 aromatic carbocycles. The molecule has 1 heterocycles. The van der Waals surface area contributed by atoms with E-state index in [-0.39, 0.29) is 30.0 Å². The second-order valence-corrected chi connectivity index (χ2v) is 5.72. The van der Waals surface area contributed by atoms with Crippen LogP contribution in [0.3, 0.4) is 0 Å². The first-order valence-corrected chi connectivity index (χ1v) is 7.89. The van der Waals surface area contributed by atoms with Crippen LogP contribution >= 0.6 is 0 Å². The first kappa shape index (κ1) is 17.4. The van der Waals surface area contributed by atoms with Crippen LogP contribution in [0.5, 0.6) is 0 Å². The van der Waals surface area contributed by atoms with Crippen molar-refractivity contribution in [3.05, 3.63) is 35.6 Å². The Hall–Kier alpha value is -1.95. The van der Waals surface area contributed by atoms with Gasteiger partial charge in [-0.3, -0.25) is 9.59 Å². The van der Waals surface area contributed by atoms with Crippen molar-refractivity contribution >= 4 is 11.8 Å². The Balaban J connectivity index is 1.74. The molecule has 1 aliphatic heterocycles. The first-order valence-electron chi connectivity index (χ1n) is 7.89. The fraction of sp³-hybridized carbons (Fsp3) is 0.529. The zero-order valence-electron chi connectivity index (χ0n) is 13.4. The predicted molar refractivity (Wildman–Crippen MR) is 84.3 cm³/mol. The predicted octanol–water partition coefficient (Wildman–Crippen LogP) is 1.37. The molecule has 0 aliphatic carbocycles. The number of benzene rings is 1. The summed E-state index contributed by atoms with van der Waals surface area (Å²) < 4.78 is 18.5. The van der Waals surface area contributed by atoms with Crippen LogP contribution in [0.25, 0.3) is 0 Å². The second-order valence-electron chi connectivity index (χ2n) is 5.72. The number of amides is 2. The summed E-state index contributed by atoms with van der Waals surface area (Å²) in [5.74, 6) is -0.702. The van der Waals surface area contributed by atoms with Crippen molar-refractivity contribution in [1.29, 1.82) is 0 Å². The summed E-state index contributed by atoms with van der Waals surface area (Å²) >= 11 is 0. The zero-order chi connectivity index (χ0) is 16.7. The van der Waals surface area contributed by atoms with E-state index in [2.05, 4.69) is 5.32 Å². The fourth-order valence-corrected chi connectivity index (χ4v) is 2.73. The Morgan fingerprint density at radius 1 is 1.43 bits per heavy atom. The third kappa shape index (κ3) is 5.03. The van der Waals surface area contributed by atoms with Gasteiger partial charge in [-0.2, -0.15) is 0 Å². The van der Waals surface area contributed by atoms with E-state index in [9.17, 15) is 14.0 Å².